The van der Waals surface area contributed by atoms with E-state index in [4.69, 9.17) is 10.4 Å². The molecule has 0 aliphatic heterocycles. The molecule has 0 heterocycles. The molecule has 0 saturated heterocycles. The third-order valence-electron chi connectivity index (χ3n) is 1.87. The van der Waals surface area contributed by atoms with E-state index in [1.807, 2.05) is 6.07 Å². The predicted molar refractivity (Wildman–Crippen MR) is 48.8 cm³/mol. The minimum Gasteiger partial charge on any atom is -0.508 e. The molecule has 0 spiro atoms. The van der Waals surface area contributed by atoms with Gasteiger partial charge in [0.2, 0.25) is 0 Å². The first-order valence-corrected chi connectivity index (χ1v) is 3.93. The monoisotopic (exact) mass is 192 g/mol. The van der Waals surface area contributed by atoms with Gasteiger partial charge in [0.05, 0.1) is 22.5 Å². The van der Waals surface area contributed by atoms with E-state index in [2.05, 4.69) is 0 Å². The SMILES string of the molecule is CC(C#N)c1cc(O)ccc1[N+](=O)[O-]. The summed E-state index contributed by atoms with van der Waals surface area (Å²) >= 11 is 0. The summed E-state index contributed by atoms with van der Waals surface area (Å²) in [5, 5.41) is 28.3. The van der Waals surface area contributed by atoms with Crippen molar-refractivity contribution in [3.05, 3.63) is 33.9 Å². The van der Waals surface area contributed by atoms with Gasteiger partial charge in [-0.2, -0.15) is 5.26 Å². The number of phenols is 1. The molecule has 0 aliphatic rings. The zero-order valence-electron chi connectivity index (χ0n) is 7.47. The fraction of sp³-hybridized carbons (Fsp3) is 0.222. The number of nitro benzene ring substituents is 1. The van der Waals surface area contributed by atoms with Crippen LogP contribution in [-0.4, -0.2) is 10.0 Å². The number of nitro groups is 1. The Morgan fingerprint density at radius 2 is 2.29 bits per heavy atom. The van der Waals surface area contributed by atoms with E-state index >= 15 is 0 Å². The quantitative estimate of drug-likeness (QED) is 0.572. The maximum absolute atomic E-state index is 10.6. The van der Waals surface area contributed by atoms with Crippen molar-refractivity contribution in [3.8, 4) is 11.8 Å². The Morgan fingerprint density at radius 3 is 2.79 bits per heavy atom. The van der Waals surface area contributed by atoms with Gasteiger partial charge in [0.1, 0.15) is 5.75 Å². The van der Waals surface area contributed by atoms with Gasteiger partial charge in [-0.3, -0.25) is 10.1 Å². The molecule has 5 heteroatoms. The van der Waals surface area contributed by atoms with E-state index in [9.17, 15) is 10.1 Å². The predicted octanol–water partition coefficient (Wildman–Crippen LogP) is 1.93. The minimum absolute atomic E-state index is 0.0762. The zero-order valence-corrected chi connectivity index (χ0v) is 7.47. The summed E-state index contributed by atoms with van der Waals surface area (Å²) in [7, 11) is 0. The van der Waals surface area contributed by atoms with Crippen molar-refractivity contribution in [2.45, 2.75) is 12.8 Å². The van der Waals surface area contributed by atoms with Crippen molar-refractivity contribution in [2.24, 2.45) is 0 Å². The standard InChI is InChI=1S/C9H8N2O3/c1-6(5-10)8-4-7(12)2-3-9(8)11(13)14/h2-4,6,12H,1H3. The van der Waals surface area contributed by atoms with Gasteiger partial charge in [-0.1, -0.05) is 0 Å². The number of benzene rings is 1. The molecular formula is C9H8N2O3. The van der Waals surface area contributed by atoms with Gasteiger partial charge in [-0.15, -0.1) is 0 Å². The summed E-state index contributed by atoms with van der Waals surface area (Å²) in [5.74, 6) is -0.685. The number of aromatic hydroxyl groups is 1. The summed E-state index contributed by atoms with van der Waals surface area (Å²) < 4.78 is 0. The molecule has 0 aromatic heterocycles. The molecule has 0 aliphatic carbocycles. The third-order valence-corrected chi connectivity index (χ3v) is 1.87. The van der Waals surface area contributed by atoms with Crippen LogP contribution in [0.1, 0.15) is 18.4 Å². The number of rotatable bonds is 2. The first-order valence-electron chi connectivity index (χ1n) is 3.93. The lowest BCUT2D eigenvalue weighted by Crippen LogP contribution is -1.97. The van der Waals surface area contributed by atoms with Gasteiger partial charge >= 0.3 is 0 Å². The van der Waals surface area contributed by atoms with Crippen molar-refractivity contribution in [3.63, 3.8) is 0 Å². The van der Waals surface area contributed by atoms with E-state index in [-0.39, 0.29) is 17.0 Å². The number of nitrogens with zero attached hydrogens (tertiary/aromatic N) is 2. The van der Waals surface area contributed by atoms with Gasteiger partial charge < -0.3 is 5.11 Å². The maximum atomic E-state index is 10.6. The van der Waals surface area contributed by atoms with Crippen LogP contribution in [0.5, 0.6) is 5.75 Å². The van der Waals surface area contributed by atoms with Crippen molar-refractivity contribution in [1.82, 2.24) is 0 Å². The normalized spacial score (nSPS) is 11.7. The summed E-state index contributed by atoms with van der Waals surface area (Å²) in [6.45, 7) is 1.54. The Morgan fingerprint density at radius 1 is 1.64 bits per heavy atom. The van der Waals surface area contributed by atoms with Gasteiger partial charge in [0.25, 0.3) is 5.69 Å². The molecule has 5 nitrogen and oxygen atoms in total. The van der Waals surface area contributed by atoms with Crippen molar-refractivity contribution < 1.29 is 10.0 Å². The van der Waals surface area contributed by atoms with Crippen LogP contribution < -0.4 is 0 Å². The summed E-state index contributed by atoms with van der Waals surface area (Å²) in [6.07, 6.45) is 0. The van der Waals surface area contributed by atoms with Crippen molar-refractivity contribution in [2.75, 3.05) is 0 Å². The van der Waals surface area contributed by atoms with E-state index in [1.54, 1.807) is 6.92 Å². The fourth-order valence-corrected chi connectivity index (χ4v) is 1.12. The van der Waals surface area contributed by atoms with E-state index in [0.717, 1.165) is 0 Å². The topological polar surface area (TPSA) is 87.2 Å². The first kappa shape index (κ1) is 9.99. The van der Waals surface area contributed by atoms with Crippen LogP contribution in [0.25, 0.3) is 0 Å². The second kappa shape index (κ2) is 3.75. The molecule has 1 atom stereocenters. The van der Waals surface area contributed by atoms with Gasteiger partial charge in [0, 0.05) is 6.07 Å². The molecule has 0 amide bonds. The number of hydrogen-bond acceptors (Lipinski definition) is 4. The molecule has 0 saturated carbocycles. The Hall–Kier alpha value is -2.09. The Kier molecular flexibility index (Phi) is 2.67. The Labute approximate surface area is 80.4 Å². The molecule has 14 heavy (non-hydrogen) atoms. The third kappa shape index (κ3) is 1.80. The molecule has 1 aromatic carbocycles. The highest BCUT2D eigenvalue weighted by Crippen LogP contribution is 2.29. The molecule has 72 valence electrons. The molecule has 1 unspecified atom stereocenters. The molecule has 1 rings (SSSR count). The van der Waals surface area contributed by atoms with E-state index in [1.165, 1.54) is 18.2 Å². The van der Waals surface area contributed by atoms with E-state index < -0.39 is 10.8 Å². The van der Waals surface area contributed by atoms with Crippen LogP contribution in [0, 0.1) is 21.4 Å². The first-order chi connectivity index (χ1) is 6.56. The molecule has 0 fully saturated rings. The van der Waals surface area contributed by atoms with Crippen LogP contribution >= 0.6 is 0 Å². The van der Waals surface area contributed by atoms with Crippen LogP contribution in [0.4, 0.5) is 5.69 Å². The minimum atomic E-state index is -0.609. The average Bonchev–Trinajstić information content (AvgIpc) is 2.16. The lowest BCUT2D eigenvalue weighted by Gasteiger charge is -2.04. The smallest absolute Gasteiger partial charge is 0.274 e. The van der Waals surface area contributed by atoms with Crippen molar-refractivity contribution in [1.29, 1.82) is 5.26 Å². The molecule has 1 aromatic rings. The summed E-state index contributed by atoms with van der Waals surface area (Å²) in [5.41, 5.74) is 0.0920. The second-order valence-corrected chi connectivity index (χ2v) is 2.85. The van der Waals surface area contributed by atoms with Crippen LogP contribution in [0.15, 0.2) is 18.2 Å². The van der Waals surface area contributed by atoms with Crippen LogP contribution in [-0.2, 0) is 0 Å². The molecule has 0 bridgehead atoms. The highest BCUT2D eigenvalue weighted by Gasteiger charge is 2.18. The fourth-order valence-electron chi connectivity index (χ4n) is 1.12. The number of nitriles is 1. The summed E-state index contributed by atoms with van der Waals surface area (Å²) in [6, 6.07) is 5.55. The van der Waals surface area contributed by atoms with Crippen molar-refractivity contribution >= 4 is 5.69 Å². The van der Waals surface area contributed by atoms with Crippen LogP contribution in [0.3, 0.4) is 0 Å². The van der Waals surface area contributed by atoms with Gasteiger partial charge in [-0.05, 0) is 19.1 Å². The highest BCUT2D eigenvalue weighted by atomic mass is 16.6. The lowest BCUT2D eigenvalue weighted by molar-refractivity contribution is -0.385. The molecule has 0 radical (unpaired) electrons. The summed E-state index contributed by atoms with van der Waals surface area (Å²) in [4.78, 5) is 10.0. The molecular weight excluding hydrogens is 184 g/mol. The number of hydrogen-bond donors (Lipinski definition) is 1. The zero-order chi connectivity index (χ0) is 10.7. The van der Waals surface area contributed by atoms with Gasteiger partial charge in [0.15, 0.2) is 0 Å². The maximum Gasteiger partial charge on any atom is 0.274 e. The van der Waals surface area contributed by atoms with Gasteiger partial charge in [-0.25, -0.2) is 0 Å². The van der Waals surface area contributed by atoms with Crippen LogP contribution in [0.2, 0.25) is 0 Å². The highest BCUT2D eigenvalue weighted by molar-refractivity contribution is 5.48. The Balaban J connectivity index is 3.31. The lowest BCUT2D eigenvalue weighted by atomic mass is 10.0. The average molecular weight is 192 g/mol. The second-order valence-electron chi connectivity index (χ2n) is 2.85. The molecule has 1 N–H and O–H groups in total. The van der Waals surface area contributed by atoms with E-state index in [0.29, 0.717) is 0 Å². The number of phenolic OH excluding ortho intramolecular Hbond substituents is 1. The Bertz CT molecular complexity index is 409. The largest absolute Gasteiger partial charge is 0.508 e.